The van der Waals surface area contributed by atoms with E-state index in [2.05, 4.69) is 62.5 Å². The Hall–Kier alpha value is -2.03. The van der Waals surface area contributed by atoms with Crippen molar-refractivity contribution in [3.05, 3.63) is 48.6 Å². The highest BCUT2D eigenvalue weighted by molar-refractivity contribution is 7.47. The zero-order chi connectivity index (χ0) is 58.7. The molecule has 0 saturated carbocycles. The normalized spacial score (nSPS) is 13.2. The predicted molar refractivity (Wildman–Crippen MR) is 349 cm³/mol. The zero-order valence-electron chi connectivity index (χ0n) is 53.5. The molecular formula is C71H134NO8P. The van der Waals surface area contributed by atoms with E-state index in [1.54, 1.807) is 0 Å². The molecule has 81 heavy (non-hydrogen) atoms. The van der Waals surface area contributed by atoms with E-state index in [1.165, 1.54) is 283 Å². The van der Waals surface area contributed by atoms with Crippen molar-refractivity contribution in [2.24, 2.45) is 5.73 Å². The highest BCUT2D eigenvalue weighted by Crippen LogP contribution is 2.43. The van der Waals surface area contributed by atoms with Crippen molar-refractivity contribution in [3.8, 4) is 0 Å². The molecule has 0 aromatic heterocycles. The number of carbonyl (C=O) groups excluding carboxylic acids is 2. The molecular weight excluding hydrogens is 1030 g/mol. The fraction of sp³-hybridized carbons (Fsp3) is 0.859. The molecule has 0 radical (unpaired) electrons. The minimum Gasteiger partial charge on any atom is -0.462 e. The van der Waals surface area contributed by atoms with E-state index >= 15 is 0 Å². The van der Waals surface area contributed by atoms with Crippen molar-refractivity contribution in [1.82, 2.24) is 0 Å². The van der Waals surface area contributed by atoms with E-state index in [0.717, 1.165) is 44.9 Å². The number of unbranched alkanes of at least 4 members (excludes halogenated alkanes) is 46. The third-order valence-electron chi connectivity index (χ3n) is 15.7. The lowest BCUT2D eigenvalue weighted by Gasteiger charge is -2.19. The van der Waals surface area contributed by atoms with Crippen LogP contribution in [0.3, 0.4) is 0 Å². The van der Waals surface area contributed by atoms with Gasteiger partial charge in [0.05, 0.1) is 13.2 Å². The van der Waals surface area contributed by atoms with Crippen LogP contribution in [0, 0.1) is 0 Å². The summed E-state index contributed by atoms with van der Waals surface area (Å²) in [7, 11) is -4.39. The lowest BCUT2D eigenvalue weighted by atomic mass is 10.0. The molecule has 9 nitrogen and oxygen atoms in total. The third kappa shape index (κ3) is 67.0. The van der Waals surface area contributed by atoms with Gasteiger partial charge in [-0.2, -0.15) is 0 Å². The van der Waals surface area contributed by atoms with Crippen molar-refractivity contribution in [3.63, 3.8) is 0 Å². The molecule has 0 saturated heterocycles. The topological polar surface area (TPSA) is 134 Å². The largest absolute Gasteiger partial charge is 0.472 e. The van der Waals surface area contributed by atoms with Crippen LogP contribution in [-0.4, -0.2) is 49.3 Å². The number of phosphoric ester groups is 1. The molecule has 10 heteroatoms. The van der Waals surface area contributed by atoms with Gasteiger partial charge in [0.1, 0.15) is 6.61 Å². The zero-order valence-corrected chi connectivity index (χ0v) is 54.4. The number of allylic oxidation sites excluding steroid dienone is 8. The Kier molecular flexibility index (Phi) is 65.4. The molecule has 0 fully saturated rings. The van der Waals surface area contributed by atoms with Crippen molar-refractivity contribution < 1.29 is 37.6 Å². The van der Waals surface area contributed by atoms with Crippen LogP contribution in [0.15, 0.2) is 48.6 Å². The monoisotopic (exact) mass is 1160 g/mol. The first-order valence-corrected chi connectivity index (χ1v) is 36.6. The van der Waals surface area contributed by atoms with Crippen molar-refractivity contribution in [2.75, 3.05) is 26.4 Å². The van der Waals surface area contributed by atoms with Crippen LogP contribution in [0.2, 0.25) is 0 Å². The summed E-state index contributed by atoms with van der Waals surface area (Å²) in [5.41, 5.74) is 5.40. The van der Waals surface area contributed by atoms with Gasteiger partial charge in [-0.1, -0.05) is 319 Å². The smallest absolute Gasteiger partial charge is 0.462 e. The number of ether oxygens (including phenoxy) is 2. The summed E-state index contributed by atoms with van der Waals surface area (Å²) in [4.78, 5) is 35.3. The number of rotatable bonds is 67. The predicted octanol–water partition coefficient (Wildman–Crippen LogP) is 22.9. The van der Waals surface area contributed by atoms with E-state index in [-0.39, 0.29) is 38.6 Å². The van der Waals surface area contributed by atoms with Gasteiger partial charge in [-0.25, -0.2) is 4.57 Å². The Morgan fingerprint density at radius 1 is 0.370 bits per heavy atom. The maximum Gasteiger partial charge on any atom is 0.472 e. The van der Waals surface area contributed by atoms with Crippen molar-refractivity contribution in [1.29, 1.82) is 0 Å². The summed E-state index contributed by atoms with van der Waals surface area (Å²) in [5.74, 6) is -0.812. The van der Waals surface area contributed by atoms with Gasteiger partial charge >= 0.3 is 19.8 Å². The van der Waals surface area contributed by atoms with Gasteiger partial charge in [0.15, 0.2) is 6.10 Å². The molecule has 0 bridgehead atoms. The molecule has 2 atom stereocenters. The number of hydrogen-bond acceptors (Lipinski definition) is 8. The average molecular weight is 1160 g/mol. The maximum atomic E-state index is 12.7. The summed E-state index contributed by atoms with van der Waals surface area (Å²) in [6.45, 7) is 3.78. The molecule has 0 aromatic rings. The SMILES string of the molecule is CCCCCCC/C=C\C/C=C\C/C=C\CCCCCCCCCCCCCCCCCCCCCCCCCCCCC(=O)OC(COC(=O)CCCCCCCCCCC/C=C\CCCCCCCC)COP(=O)(O)OCCN. The molecule has 0 amide bonds. The number of esters is 2. The molecule has 476 valence electrons. The molecule has 0 aliphatic rings. The first kappa shape index (κ1) is 79.0. The molecule has 3 N–H and O–H groups in total. The van der Waals surface area contributed by atoms with Crippen molar-refractivity contribution >= 4 is 19.8 Å². The van der Waals surface area contributed by atoms with E-state index in [0.29, 0.717) is 6.42 Å². The highest BCUT2D eigenvalue weighted by Gasteiger charge is 2.26. The number of carbonyl (C=O) groups is 2. The fourth-order valence-corrected chi connectivity index (χ4v) is 11.2. The van der Waals surface area contributed by atoms with Gasteiger partial charge < -0.3 is 20.1 Å². The lowest BCUT2D eigenvalue weighted by Crippen LogP contribution is -2.29. The van der Waals surface area contributed by atoms with Gasteiger partial charge in [-0.15, -0.1) is 0 Å². The summed E-state index contributed by atoms with van der Waals surface area (Å²) in [5, 5.41) is 0. The van der Waals surface area contributed by atoms with E-state index in [1.807, 2.05) is 0 Å². The van der Waals surface area contributed by atoms with Crippen LogP contribution in [-0.2, 0) is 32.7 Å². The molecule has 0 spiro atoms. The highest BCUT2D eigenvalue weighted by atomic mass is 31.2. The van der Waals surface area contributed by atoms with Gasteiger partial charge in [0, 0.05) is 19.4 Å². The third-order valence-corrected chi connectivity index (χ3v) is 16.7. The van der Waals surface area contributed by atoms with Crippen LogP contribution in [0.5, 0.6) is 0 Å². The second-order valence-electron chi connectivity index (χ2n) is 23.7. The Bertz CT molecular complexity index is 1470. The van der Waals surface area contributed by atoms with Crippen LogP contribution in [0.25, 0.3) is 0 Å². The van der Waals surface area contributed by atoms with Crippen LogP contribution in [0.1, 0.15) is 361 Å². The van der Waals surface area contributed by atoms with Crippen LogP contribution >= 0.6 is 7.82 Å². The molecule has 2 unspecified atom stereocenters. The Balaban J connectivity index is 3.75. The second kappa shape index (κ2) is 67.1. The van der Waals surface area contributed by atoms with Crippen LogP contribution in [0.4, 0.5) is 0 Å². The van der Waals surface area contributed by atoms with Gasteiger partial charge in [-0.3, -0.25) is 18.6 Å². The molecule has 0 rings (SSSR count). The lowest BCUT2D eigenvalue weighted by molar-refractivity contribution is -0.161. The Labute approximate surface area is 502 Å². The molecule has 0 aliphatic carbocycles. The molecule has 0 aliphatic heterocycles. The maximum absolute atomic E-state index is 12.7. The van der Waals surface area contributed by atoms with Gasteiger partial charge in [0.2, 0.25) is 0 Å². The minimum atomic E-state index is -4.39. The first-order chi connectivity index (χ1) is 39.8. The summed E-state index contributed by atoms with van der Waals surface area (Å²) in [6.07, 6.45) is 85.1. The second-order valence-corrected chi connectivity index (χ2v) is 25.2. The Morgan fingerprint density at radius 3 is 0.963 bits per heavy atom. The van der Waals surface area contributed by atoms with E-state index < -0.39 is 26.5 Å². The van der Waals surface area contributed by atoms with Crippen LogP contribution < -0.4 is 5.73 Å². The van der Waals surface area contributed by atoms with Crippen molar-refractivity contribution in [2.45, 2.75) is 367 Å². The number of nitrogens with two attached hydrogens (primary N) is 1. The Morgan fingerprint density at radius 2 is 0.642 bits per heavy atom. The standard InChI is InChI=1S/C71H134NO8P/c1-3-5-7-9-11-13-15-17-19-21-23-24-25-26-27-28-29-30-31-32-33-34-35-36-37-38-39-40-41-42-43-44-46-48-50-52-54-56-58-60-62-64-71(74)80-69(68-79-81(75,76)78-66-65-72)67-77-70(73)63-61-59-57-55-53-51-49-47-45-22-20-18-16-14-12-10-8-6-4-2/h15,17-18,20-21,23,25-26,69H,3-14,16,19,22,24,27-68,72H2,1-2H3,(H,75,76)/b17-15-,20-18-,23-21-,26-25-. The number of hydrogen-bond donors (Lipinski definition) is 2. The summed E-state index contributed by atoms with van der Waals surface area (Å²) < 4.78 is 33.1. The van der Waals surface area contributed by atoms with Gasteiger partial charge in [-0.05, 0) is 77.0 Å². The minimum absolute atomic E-state index is 0.0550. The van der Waals surface area contributed by atoms with E-state index in [9.17, 15) is 19.0 Å². The fourth-order valence-electron chi connectivity index (χ4n) is 10.5. The first-order valence-electron chi connectivity index (χ1n) is 35.1. The van der Waals surface area contributed by atoms with E-state index in [4.69, 9.17) is 24.3 Å². The van der Waals surface area contributed by atoms with Gasteiger partial charge in [0.25, 0.3) is 0 Å². The summed E-state index contributed by atoms with van der Waals surface area (Å²) in [6, 6.07) is 0. The molecule has 0 aromatic carbocycles. The summed E-state index contributed by atoms with van der Waals surface area (Å²) >= 11 is 0. The molecule has 0 heterocycles. The average Bonchev–Trinajstić information content (AvgIpc) is 3.46. The quantitative estimate of drug-likeness (QED) is 0.0264. The number of phosphoric acid groups is 1.